The Kier molecular flexibility index (Phi) is 6.50. The Morgan fingerprint density at radius 2 is 1.66 bits per heavy atom. The van der Waals surface area contributed by atoms with E-state index in [1.807, 2.05) is 12.1 Å². The van der Waals surface area contributed by atoms with Gasteiger partial charge in [-0.1, -0.05) is 24.3 Å². The highest BCUT2D eigenvalue weighted by Crippen LogP contribution is 2.32. The van der Waals surface area contributed by atoms with Gasteiger partial charge in [0.05, 0.1) is 6.54 Å². The topological polar surface area (TPSA) is 69.0 Å². The molecule has 162 valence electrons. The summed E-state index contributed by atoms with van der Waals surface area (Å²) in [4.78, 5) is 16.1. The van der Waals surface area contributed by atoms with Crippen molar-refractivity contribution in [1.82, 2.24) is 20.1 Å². The molecule has 0 unspecified atom stereocenters. The highest BCUT2D eigenvalue weighted by molar-refractivity contribution is 5.80. The van der Waals surface area contributed by atoms with Gasteiger partial charge in [-0.3, -0.25) is 14.5 Å². The average molecular weight is 434 g/mol. The molecule has 0 aliphatic carbocycles. The van der Waals surface area contributed by atoms with E-state index in [9.17, 15) is 13.6 Å². The van der Waals surface area contributed by atoms with Gasteiger partial charge in [-0.15, -0.1) is 0 Å². The van der Waals surface area contributed by atoms with Crippen molar-refractivity contribution >= 4 is 5.91 Å². The molecule has 4 aromatic rings. The molecule has 2 aromatic heterocycles. The maximum atomic E-state index is 14.4. The molecular weight excluding hydrogens is 414 g/mol. The minimum absolute atomic E-state index is 0.0197. The van der Waals surface area contributed by atoms with Crippen LogP contribution in [0.25, 0.3) is 22.4 Å². The molecule has 0 saturated heterocycles. The number of carbonyl (C=O) groups is 1. The van der Waals surface area contributed by atoms with E-state index in [0.717, 1.165) is 11.1 Å². The lowest BCUT2D eigenvalue weighted by molar-refractivity contribution is -0.123. The van der Waals surface area contributed by atoms with Crippen molar-refractivity contribution in [2.45, 2.75) is 6.54 Å². The minimum Gasteiger partial charge on any atom is -0.481 e. The van der Waals surface area contributed by atoms with Crippen LogP contribution < -0.4 is 10.1 Å². The fourth-order valence-corrected chi connectivity index (χ4v) is 3.20. The van der Waals surface area contributed by atoms with Crippen LogP contribution in [0.15, 0.2) is 79.3 Å². The van der Waals surface area contributed by atoms with Gasteiger partial charge in [0.2, 0.25) is 0 Å². The molecule has 0 atom stereocenters. The summed E-state index contributed by atoms with van der Waals surface area (Å²) in [6.07, 6.45) is 5.13. The number of hydrogen-bond acceptors (Lipinski definition) is 4. The third-order valence-corrected chi connectivity index (χ3v) is 4.74. The molecule has 1 N–H and O–H groups in total. The zero-order valence-electron chi connectivity index (χ0n) is 17.0. The molecule has 2 aromatic carbocycles. The van der Waals surface area contributed by atoms with E-state index >= 15 is 0 Å². The first-order valence-corrected chi connectivity index (χ1v) is 9.98. The zero-order chi connectivity index (χ0) is 22.3. The van der Waals surface area contributed by atoms with E-state index in [0.29, 0.717) is 17.8 Å². The lowest BCUT2D eigenvalue weighted by Gasteiger charge is -2.08. The Morgan fingerprint density at radius 1 is 0.938 bits per heavy atom. The van der Waals surface area contributed by atoms with E-state index in [-0.39, 0.29) is 30.6 Å². The van der Waals surface area contributed by atoms with Crippen LogP contribution >= 0.6 is 0 Å². The average Bonchev–Trinajstić information content (AvgIpc) is 3.23. The van der Waals surface area contributed by atoms with Gasteiger partial charge in [-0.05, 0) is 42.0 Å². The van der Waals surface area contributed by atoms with Crippen LogP contribution in [0, 0.1) is 11.6 Å². The van der Waals surface area contributed by atoms with Gasteiger partial charge >= 0.3 is 0 Å². The number of halogens is 2. The number of carbonyl (C=O) groups excluding carboxylic acids is 1. The summed E-state index contributed by atoms with van der Waals surface area (Å²) in [5.41, 5.74) is 2.50. The highest BCUT2D eigenvalue weighted by atomic mass is 19.1. The SMILES string of the molecule is O=C(COc1ccccc1F)NCCn1cc(-c2ccncc2)c(-c2ccccc2F)n1. The van der Waals surface area contributed by atoms with Crippen LogP contribution in [-0.4, -0.2) is 33.8 Å². The normalized spacial score (nSPS) is 10.7. The van der Waals surface area contributed by atoms with Crippen LogP contribution in [0.5, 0.6) is 5.75 Å². The third-order valence-electron chi connectivity index (χ3n) is 4.74. The second-order valence-corrected chi connectivity index (χ2v) is 6.94. The largest absolute Gasteiger partial charge is 0.481 e. The Morgan fingerprint density at radius 3 is 2.41 bits per heavy atom. The van der Waals surface area contributed by atoms with Crippen molar-refractivity contribution in [3.8, 4) is 28.1 Å². The van der Waals surface area contributed by atoms with E-state index < -0.39 is 5.82 Å². The van der Waals surface area contributed by atoms with Crippen LogP contribution in [-0.2, 0) is 11.3 Å². The van der Waals surface area contributed by atoms with Gasteiger partial charge in [-0.25, -0.2) is 8.78 Å². The van der Waals surface area contributed by atoms with Gasteiger partial charge in [0.25, 0.3) is 5.91 Å². The molecule has 8 heteroatoms. The number of para-hydroxylation sites is 1. The van der Waals surface area contributed by atoms with E-state index in [1.54, 1.807) is 53.6 Å². The molecule has 0 aliphatic rings. The molecule has 2 heterocycles. The Balaban J connectivity index is 1.43. The van der Waals surface area contributed by atoms with Crippen molar-refractivity contribution < 1.29 is 18.3 Å². The minimum atomic E-state index is -0.527. The maximum absolute atomic E-state index is 14.4. The molecule has 0 spiro atoms. The molecule has 32 heavy (non-hydrogen) atoms. The number of pyridine rings is 1. The molecule has 0 bridgehead atoms. The predicted octanol–water partition coefficient (Wildman–Crippen LogP) is 4.09. The number of amides is 1. The van der Waals surface area contributed by atoms with Crippen molar-refractivity contribution in [2.75, 3.05) is 13.2 Å². The number of nitrogens with zero attached hydrogens (tertiary/aromatic N) is 3. The number of rotatable bonds is 8. The second kappa shape index (κ2) is 9.82. The Bertz CT molecular complexity index is 1210. The third kappa shape index (κ3) is 4.97. The van der Waals surface area contributed by atoms with Crippen LogP contribution in [0.1, 0.15) is 0 Å². The fourth-order valence-electron chi connectivity index (χ4n) is 3.20. The summed E-state index contributed by atoms with van der Waals surface area (Å²) in [7, 11) is 0. The molecular formula is C24H20F2N4O2. The van der Waals surface area contributed by atoms with Gasteiger partial charge in [0.15, 0.2) is 18.2 Å². The van der Waals surface area contributed by atoms with Gasteiger partial charge < -0.3 is 10.1 Å². The standard InChI is InChI=1S/C24H20F2N4O2/c25-20-6-2-1-5-18(20)24-19(17-9-11-27-12-10-17)15-30(29-24)14-13-28-23(31)16-32-22-8-4-3-7-21(22)26/h1-12,15H,13-14,16H2,(H,28,31). The summed E-state index contributed by atoms with van der Waals surface area (Å²) in [5, 5.41) is 7.25. The predicted molar refractivity (Wildman–Crippen MR) is 116 cm³/mol. The van der Waals surface area contributed by atoms with Gasteiger partial charge in [0.1, 0.15) is 11.5 Å². The number of hydrogen-bond donors (Lipinski definition) is 1. The Labute approximate surface area is 183 Å². The van der Waals surface area contributed by atoms with Crippen molar-refractivity contribution in [3.63, 3.8) is 0 Å². The fraction of sp³-hybridized carbons (Fsp3) is 0.125. The molecule has 0 saturated carbocycles. The molecule has 4 rings (SSSR count). The van der Waals surface area contributed by atoms with E-state index in [4.69, 9.17) is 4.74 Å². The van der Waals surface area contributed by atoms with Crippen LogP contribution in [0.4, 0.5) is 8.78 Å². The number of nitrogens with one attached hydrogen (secondary N) is 1. The van der Waals surface area contributed by atoms with Gasteiger partial charge in [0, 0.05) is 36.3 Å². The first-order valence-electron chi connectivity index (χ1n) is 9.98. The summed E-state index contributed by atoms with van der Waals surface area (Å²) >= 11 is 0. The summed E-state index contributed by atoms with van der Waals surface area (Å²) < 4.78 is 34.8. The monoisotopic (exact) mass is 434 g/mol. The molecule has 0 aliphatic heterocycles. The first-order chi connectivity index (χ1) is 15.6. The lowest BCUT2D eigenvalue weighted by Crippen LogP contribution is -2.31. The number of benzene rings is 2. The lowest BCUT2D eigenvalue weighted by atomic mass is 10.0. The zero-order valence-corrected chi connectivity index (χ0v) is 17.0. The first kappa shape index (κ1) is 21.2. The quantitative estimate of drug-likeness (QED) is 0.454. The van der Waals surface area contributed by atoms with Gasteiger partial charge in [-0.2, -0.15) is 5.10 Å². The smallest absolute Gasteiger partial charge is 0.258 e. The van der Waals surface area contributed by atoms with Crippen LogP contribution in [0.3, 0.4) is 0 Å². The van der Waals surface area contributed by atoms with Crippen LogP contribution in [0.2, 0.25) is 0 Å². The van der Waals surface area contributed by atoms with E-state index in [2.05, 4.69) is 15.4 Å². The summed E-state index contributed by atoms with van der Waals surface area (Å²) in [6, 6.07) is 16.0. The number of ether oxygens (including phenoxy) is 1. The van der Waals surface area contributed by atoms with Crippen molar-refractivity contribution in [2.24, 2.45) is 0 Å². The summed E-state index contributed by atoms with van der Waals surface area (Å²) in [5.74, 6) is -1.26. The summed E-state index contributed by atoms with van der Waals surface area (Å²) in [6.45, 7) is 0.328. The van der Waals surface area contributed by atoms with E-state index in [1.165, 1.54) is 18.2 Å². The van der Waals surface area contributed by atoms with Crippen molar-refractivity contribution in [3.05, 3.63) is 90.9 Å². The number of aromatic nitrogens is 3. The molecule has 0 radical (unpaired) electrons. The van der Waals surface area contributed by atoms with Crippen molar-refractivity contribution in [1.29, 1.82) is 0 Å². The molecule has 6 nitrogen and oxygen atoms in total. The second-order valence-electron chi connectivity index (χ2n) is 6.94. The molecule has 1 amide bonds. The maximum Gasteiger partial charge on any atom is 0.258 e. The highest BCUT2D eigenvalue weighted by Gasteiger charge is 2.16. The molecule has 0 fully saturated rings. The Hall–Kier alpha value is -4.07.